The molecule has 2 atom stereocenters. The van der Waals surface area contributed by atoms with E-state index in [0.717, 1.165) is 25.8 Å². The van der Waals surface area contributed by atoms with Crippen molar-refractivity contribution in [3.05, 3.63) is 50.9 Å². The molecule has 0 bridgehead atoms. The van der Waals surface area contributed by atoms with Gasteiger partial charge in [0, 0.05) is 46.0 Å². The smallest absolute Gasteiger partial charge is 0.197 e. The Kier molecular flexibility index (Phi) is 7.22. The maximum atomic E-state index is 12.8. The number of halogens is 1. The van der Waals surface area contributed by atoms with Crippen LogP contribution in [0.4, 0.5) is 0 Å². The van der Waals surface area contributed by atoms with Crippen molar-refractivity contribution in [3.8, 4) is 11.5 Å². The first-order chi connectivity index (χ1) is 14.4. The average molecular weight is 450 g/mol. The summed E-state index contributed by atoms with van der Waals surface area (Å²) in [7, 11) is 2.01. The first kappa shape index (κ1) is 22.8. The first-order valence-electron chi connectivity index (χ1n) is 10.3. The van der Waals surface area contributed by atoms with Gasteiger partial charge in [-0.05, 0) is 32.9 Å². The van der Waals surface area contributed by atoms with Crippen LogP contribution >= 0.6 is 24.2 Å². The molecule has 2 unspecified atom stereocenters. The highest BCUT2D eigenvalue weighted by Gasteiger charge is 2.36. The second-order valence-electron chi connectivity index (χ2n) is 7.38. The third-order valence-corrected chi connectivity index (χ3v) is 6.47. The van der Waals surface area contributed by atoms with Gasteiger partial charge < -0.3 is 19.5 Å². The quantitative estimate of drug-likeness (QED) is 0.558. The molecule has 0 spiro atoms. The number of hydrogen-bond donors (Lipinski definition) is 3. The van der Waals surface area contributed by atoms with Crippen molar-refractivity contribution in [2.24, 2.45) is 0 Å². The molecule has 1 saturated heterocycles. The van der Waals surface area contributed by atoms with Gasteiger partial charge in [-0.15, -0.1) is 0 Å². The van der Waals surface area contributed by atoms with Gasteiger partial charge in [-0.2, -0.15) is 12.6 Å². The van der Waals surface area contributed by atoms with Crippen LogP contribution in [0.25, 0.3) is 16.5 Å². The lowest BCUT2D eigenvalue weighted by atomic mass is 9.89. The normalized spacial score (nSPS) is 21.8. The van der Waals surface area contributed by atoms with E-state index < -0.39 is 0 Å². The van der Waals surface area contributed by atoms with Gasteiger partial charge in [-0.1, -0.05) is 37.6 Å². The zero-order chi connectivity index (χ0) is 22.0. The van der Waals surface area contributed by atoms with E-state index in [2.05, 4.69) is 17.5 Å². The monoisotopic (exact) mass is 449 g/mol. The van der Waals surface area contributed by atoms with Crippen molar-refractivity contribution in [2.45, 2.75) is 45.1 Å². The summed E-state index contributed by atoms with van der Waals surface area (Å²) in [5.74, 6) is 0.530. The largest absolute Gasteiger partial charge is 0.507 e. The molecule has 2 aliphatic rings. The van der Waals surface area contributed by atoms with Crippen LogP contribution in [0.5, 0.6) is 11.5 Å². The second-order valence-corrected chi connectivity index (χ2v) is 8.15. The molecule has 30 heavy (non-hydrogen) atoms. The zero-order valence-electron chi connectivity index (χ0n) is 17.5. The first-order valence-corrected chi connectivity index (χ1v) is 11.3. The highest BCUT2D eigenvalue weighted by atomic mass is 35.5. The van der Waals surface area contributed by atoms with E-state index >= 15 is 0 Å². The van der Waals surface area contributed by atoms with Crippen LogP contribution in [0.1, 0.15) is 50.4 Å². The Bertz CT molecular complexity index is 1060. The molecule has 5 nitrogen and oxygen atoms in total. The molecule has 7 heteroatoms. The Morgan fingerprint density at radius 2 is 1.90 bits per heavy atom. The molecule has 2 N–H and O–H groups in total. The van der Waals surface area contributed by atoms with Gasteiger partial charge in [-0.25, -0.2) is 0 Å². The molecule has 2 heterocycles. The summed E-state index contributed by atoms with van der Waals surface area (Å²) in [6.45, 7) is 4.85. The van der Waals surface area contributed by atoms with Crippen LogP contribution in [-0.4, -0.2) is 40.5 Å². The number of likely N-dealkylation sites (N-methyl/N-ethyl adjacent to an activating group) is 1. The Balaban J connectivity index is 0.00000124. The van der Waals surface area contributed by atoms with Gasteiger partial charge in [0.05, 0.1) is 0 Å². The molecular formula is C23H28ClNO4S. The van der Waals surface area contributed by atoms with Gasteiger partial charge in [0.15, 0.2) is 5.43 Å². The molecule has 4 rings (SSSR count). The molecule has 1 aliphatic carbocycles. The lowest BCUT2D eigenvalue weighted by Crippen LogP contribution is -2.30. The summed E-state index contributed by atoms with van der Waals surface area (Å²) < 4.78 is 6.13. The van der Waals surface area contributed by atoms with Gasteiger partial charge >= 0.3 is 0 Å². The molecule has 2 aromatic rings. The number of benzene rings is 1. The molecule has 162 valence electrons. The number of phenols is 2. The van der Waals surface area contributed by atoms with E-state index in [1.165, 1.54) is 12.1 Å². The lowest BCUT2D eigenvalue weighted by Gasteiger charge is -2.24. The van der Waals surface area contributed by atoms with E-state index in [1.807, 2.05) is 33.0 Å². The van der Waals surface area contributed by atoms with E-state index in [9.17, 15) is 15.0 Å². The van der Waals surface area contributed by atoms with Crippen LogP contribution in [0.3, 0.4) is 0 Å². The molecule has 0 radical (unpaired) electrons. The Morgan fingerprint density at radius 1 is 1.20 bits per heavy atom. The molecule has 1 aromatic heterocycles. The maximum absolute atomic E-state index is 12.8. The molecule has 0 amide bonds. The number of thiol groups is 1. The fraction of sp³-hybridized carbons (Fsp3) is 0.435. The third kappa shape index (κ3) is 4.01. The van der Waals surface area contributed by atoms with Crippen LogP contribution in [0.15, 0.2) is 38.5 Å². The number of rotatable bonds is 3. The molecule has 1 aliphatic heterocycles. The Hall–Kier alpha value is -1.89. The fourth-order valence-electron chi connectivity index (χ4n) is 4.29. The lowest BCUT2D eigenvalue weighted by molar-refractivity contribution is 0.320. The SMILES string of the molecule is CC.CN1CCC(c2c(O)cc(O)c3c(=O)cc(C4=CCCC=C4Cl)oc23)C1CS. The number of hydrogen-bond acceptors (Lipinski definition) is 6. The highest BCUT2D eigenvalue weighted by Crippen LogP contribution is 2.44. The van der Waals surface area contributed by atoms with Gasteiger partial charge in [0.25, 0.3) is 0 Å². The van der Waals surface area contributed by atoms with Crippen molar-refractivity contribution >= 4 is 40.8 Å². The number of nitrogens with zero attached hydrogens (tertiary/aromatic N) is 1. The summed E-state index contributed by atoms with van der Waals surface area (Å²) in [5, 5.41) is 21.6. The van der Waals surface area contributed by atoms with Crippen molar-refractivity contribution in [1.29, 1.82) is 0 Å². The predicted octanol–water partition coefficient (Wildman–Crippen LogP) is 5.25. The third-order valence-electron chi connectivity index (χ3n) is 5.74. The Labute approximate surface area is 187 Å². The number of likely N-dealkylation sites (tertiary alicyclic amines) is 1. The minimum Gasteiger partial charge on any atom is -0.507 e. The van der Waals surface area contributed by atoms with Gasteiger partial charge in [-0.3, -0.25) is 4.79 Å². The number of phenolic OH excluding ortho intramolecular Hbond substituents is 2. The molecular weight excluding hydrogens is 422 g/mol. The minimum atomic E-state index is -0.361. The maximum Gasteiger partial charge on any atom is 0.197 e. The van der Waals surface area contributed by atoms with Gasteiger partial charge in [0.2, 0.25) is 0 Å². The van der Waals surface area contributed by atoms with Crippen LogP contribution < -0.4 is 5.43 Å². The zero-order valence-corrected chi connectivity index (χ0v) is 19.1. The average Bonchev–Trinajstić information content (AvgIpc) is 3.09. The van der Waals surface area contributed by atoms with Crippen LogP contribution in [-0.2, 0) is 0 Å². The van der Waals surface area contributed by atoms with Crippen LogP contribution in [0, 0.1) is 0 Å². The highest BCUT2D eigenvalue weighted by molar-refractivity contribution is 7.80. The standard InChI is InChI=1S/C21H22ClNO4S.C2H6/c1-23-7-6-12(14(23)10-28)19-15(24)8-16(25)20-17(26)9-18(27-21(19)20)11-4-2-3-5-13(11)22;1-2/h4-5,8-9,12,14,24-25,28H,2-3,6-7,10H2,1H3;1-2H3. The molecule has 0 saturated carbocycles. The summed E-state index contributed by atoms with van der Waals surface area (Å²) >= 11 is 10.8. The number of allylic oxidation sites excluding steroid dienone is 4. The number of aromatic hydroxyl groups is 2. The van der Waals surface area contributed by atoms with E-state index in [0.29, 0.717) is 27.7 Å². The fourth-order valence-corrected chi connectivity index (χ4v) is 5.10. The predicted molar refractivity (Wildman–Crippen MR) is 126 cm³/mol. The summed E-state index contributed by atoms with van der Waals surface area (Å²) in [6, 6.07) is 2.68. The summed E-state index contributed by atoms with van der Waals surface area (Å²) in [6.07, 6.45) is 6.28. The van der Waals surface area contributed by atoms with Crippen molar-refractivity contribution in [1.82, 2.24) is 4.90 Å². The van der Waals surface area contributed by atoms with Gasteiger partial charge in [0.1, 0.15) is 28.2 Å². The van der Waals surface area contributed by atoms with E-state index in [4.69, 9.17) is 16.0 Å². The summed E-state index contributed by atoms with van der Waals surface area (Å²) in [5.41, 5.74) is 1.07. The summed E-state index contributed by atoms with van der Waals surface area (Å²) in [4.78, 5) is 15.0. The second kappa shape index (κ2) is 9.50. The van der Waals surface area contributed by atoms with Crippen molar-refractivity contribution in [3.63, 3.8) is 0 Å². The number of fused-ring (bicyclic) bond motifs is 1. The van der Waals surface area contributed by atoms with Crippen molar-refractivity contribution < 1.29 is 14.6 Å². The topological polar surface area (TPSA) is 73.9 Å². The van der Waals surface area contributed by atoms with E-state index in [1.54, 1.807) is 0 Å². The van der Waals surface area contributed by atoms with E-state index in [-0.39, 0.29) is 39.9 Å². The van der Waals surface area contributed by atoms with Crippen LogP contribution in [0.2, 0.25) is 0 Å². The molecule has 1 aromatic carbocycles. The minimum absolute atomic E-state index is 0.0599. The molecule has 1 fully saturated rings. The Morgan fingerprint density at radius 3 is 2.57 bits per heavy atom. The van der Waals surface area contributed by atoms with Crippen molar-refractivity contribution in [2.75, 3.05) is 19.3 Å².